The zero-order valence-corrected chi connectivity index (χ0v) is 60.1. The fraction of sp³-hybridized carbons (Fsp3) is 0.742. The van der Waals surface area contributed by atoms with Gasteiger partial charge in [-0.25, -0.2) is 23.7 Å². The maximum Gasteiger partial charge on any atom is 0.330 e. The van der Waals surface area contributed by atoms with Crippen LogP contribution >= 0.6 is 17.1 Å². The second-order valence-corrected chi connectivity index (χ2v) is 33.1. The van der Waals surface area contributed by atoms with Crippen molar-refractivity contribution in [3.63, 3.8) is 0 Å². The smallest absolute Gasteiger partial charge is 0.330 e. The zero-order chi connectivity index (χ0) is 69.1. The summed E-state index contributed by atoms with van der Waals surface area (Å²) in [5.74, 6) is -0.431. The molecule has 3 aliphatic rings. The van der Waals surface area contributed by atoms with Gasteiger partial charge in [0.15, 0.2) is 14.5 Å². The van der Waals surface area contributed by atoms with E-state index < -0.39 is 102 Å². The number of aryl methyl sites for hydroxylation is 2. The van der Waals surface area contributed by atoms with Crippen molar-refractivity contribution in [1.29, 1.82) is 10.5 Å². The molecule has 0 amide bonds. The molecular formula is C62H102N10O17P2Si. The summed E-state index contributed by atoms with van der Waals surface area (Å²) in [6, 6.07) is 6.19. The first-order valence-corrected chi connectivity index (χ1v) is 37.2. The number of nitrogens with zero attached hydrogens (tertiary/aromatic N) is 7. The van der Waals surface area contributed by atoms with Crippen LogP contribution in [0.4, 0.5) is 0 Å². The van der Waals surface area contributed by atoms with E-state index in [1.165, 1.54) is 38.4 Å². The van der Waals surface area contributed by atoms with Gasteiger partial charge in [0.05, 0.1) is 69.0 Å². The minimum absolute atomic E-state index is 0.0137. The first-order chi connectivity index (χ1) is 43.2. The predicted molar refractivity (Wildman–Crippen MR) is 352 cm³/mol. The minimum Gasteiger partial charge on any atom is -0.459 e. The highest BCUT2D eigenvalue weighted by atomic mass is 31.2. The average Bonchev–Trinajstić information content (AvgIpc) is 1.60. The van der Waals surface area contributed by atoms with Crippen LogP contribution in [0.25, 0.3) is 0 Å². The largest absolute Gasteiger partial charge is 0.459 e. The topological polar surface area (TPSA) is 336 Å². The summed E-state index contributed by atoms with van der Waals surface area (Å²) in [5.41, 5.74) is -2.07. The second-order valence-electron chi connectivity index (χ2n) is 25.6. The van der Waals surface area contributed by atoms with Crippen LogP contribution in [-0.2, 0) is 51.1 Å². The summed E-state index contributed by atoms with van der Waals surface area (Å²) in [6.07, 6.45) is 3.58. The number of H-pyrrole nitrogens is 3. The van der Waals surface area contributed by atoms with Gasteiger partial charge in [0.25, 0.3) is 33.7 Å². The van der Waals surface area contributed by atoms with Crippen LogP contribution in [-0.4, -0.2) is 138 Å². The van der Waals surface area contributed by atoms with Crippen molar-refractivity contribution in [1.82, 2.24) is 38.0 Å². The summed E-state index contributed by atoms with van der Waals surface area (Å²) in [5, 5.41) is 17.9. The van der Waals surface area contributed by atoms with Crippen LogP contribution in [0.1, 0.15) is 198 Å². The van der Waals surface area contributed by atoms with Gasteiger partial charge >= 0.3 is 23.0 Å². The molecular weight excluding hydrogens is 1250 g/mol. The first-order valence-electron chi connectivity index (χ1n) is 32.0. The third kappa shape index (κ3) is 21.9. The number of aromatic amines is 3. The van der Waals surface area contributed by atoms with Crippen molar-refractivity contribution in [3.8, 4) is 12.1 Å². The molecule has 0 bridgehead atoms. The monoisotopic (exact) mass is 1350 g/mol. The van der Waals surface area contributed by atoms with Crippen LogP contribution < -0.4 is 33.7 Å². The molecule has 27 nitrogen and oxygen atoms in total. The molecule has 12 atom stereocenters. The molecule has 0 spiro atoms. The van der Waals surface area contributed by atoms with Crippen molar-refractivity contribution >= 4 is 37.1 Å². The van der Waals surface area contributed by atoms with Crippen molar-refractivity contribution in [2.24, 2.45) is 0 Å². The van der Waals surface area contributed by atoms with E-state index in [9.17, 15) is 38.4 Å². The van der Waals surface area contributed by atoms with Crippen LogP contribution in [0.5, 0.6) is 0 Å². The molecule has 0 aliphatic carbocycles. The van der Waals surface area contributed by atoms with Crippen LogP contribution in [0, 0.1) is 36.5 Å². The lowest BCUT2D eigenvalue weighted by atomic mass is 10.1. The van der Waals surface area contributed by atoms with Gasteiger partial charge in [-0.2, -0.15) is 10.5 Å². The number of Topliss-reactive ketones (excluding diaryl/α,β-unsaturated/α-hetero) is 1. The van der Waals surface area contributed by atoms with Crippen molar-refractivity contribution in [3.05, 3.63) is 98.3 Å². The molecule has 0 radical (unpaired) electrons. The fourth-order valence-electron chi connectivity index (χ4n) is 10.4. The van der Waals surface area contributed by atoms with E-state index in [1.54, 1.807) is 20.8 Å². The van der Waals surface area contributed by atoms with Crippen LogP contribution in [0.15, 0.2) is 53.4 Å². The Morgan fingerprint density at radius 1 is 0.652 bits per heavy atom. The molecule has 30 heteroatoms. The molecule has 0 saturated carbocycles. The van der Waals surface area contributed by atoms with Gasteiger partial charge in [0, 0.05) is 85.6 Å². The van der Waals surface area contributed by atoms with Gasteiger partial charge in [0.1, 0.15) is 36.6 Å². The number of ketones is 1. The summed E-state index contributed by atoms with van der Waals surface area (Å²) in [4.78, 5) is 102. The Kier molecular flexibility index (Phi) is 31.6. The molecule has 516 valence electrons. The Morgan fingerprint density at radius 2 is 1.10 bits per heavy atom. The molecule has 3 aliphatic heterocycles. The minimum atomic E-state index is -2.35. The fourth-order valence-corrected chi connectivity index (χ4v) is 15.2. The maximum absolute atomic E-state index is 12.8. The molecule has 92 heavy (non-hydrogen) atoms. The number of carbonyl (C=O) groups is 2. The summed E-state index contributed by atoms with van der Waals surface area (Å²) < 4.78 is 64.6. The Morgan fingerprint density at radius 3 is 1.52 bits per heavy atom. The average molecular weight is 1350 g/mol. The molecule has 3 aromatic rings. The van der Waals surface area contributed by atoms with Gasteiger partial charge < -0.3 is 41.5 Å². The standard InChI is InChI=1S/C25H45N4O6PSi.C20H33N4O5P.C17H24N2O6/c1-11-19-21(34-36(32-16-12-14-26)29(17(2)3)18(4)5)22(35-37(9,10)25(6,7)8)23(33-19)28-15-13-20(30)27-24(28)31;1-7-16-17(11-18(28-16)23-12-15(6)19(25)22-20(23)26)29-30(27-10-8-9-21)24(13(2)3)14(4)5;1-4-11(20)6-7-15(21)25-13-8-14(24-12(13)5-2)19-9-10(3)16(22)18-17(19)23/h13,15,17-19,21-23H,11-12,16H2,1-10H3,(H,27,30,31);12-14,16-18H,7-8,10-11H2,1-6H3,(H,22,25,26);9,12-14H,4-8H2,1-3H3,(H,18,22,23)/t19-,21+,22?,23-,36?;16-,17-,18-,30?;12-,13-,14-/m111/s1. The second kappa shape index (κ2) is 36.6. The van der Waals surface area contributed by atoms with Crippen molar-refractivity contribution in [2.45, 2.75) is 286 Å². The number of carbonyl (C=O) groups excluding carboxylic acids is 2. The Balaban J connectivity index is 0.000000300. The Bertz CT molecular complexity index is 3290. The lowest BCUT2D eigenvalue weighted by molar-refractivity contribution is -0.152. The van der Waals surface area contributed by atoms with E-state index in [2.05, 4.69) is 126 Å². The molecule has 6 heterocycles. The van der Waals surface area contributed by atoms with E-state index in [1.807, 2.05) is 20.8 Å². The van der Waals surface area contributed by atoms with Gasteiger partial charge in [-0.3, -0.25) is 52.6 Å². The summed E-state index contributed by atoms with van der Waals surface area (Å²) >= 11 is 0. The highest BCUT2D eigenvalue weighted by molar-refractivity contribution is 7.44. The number of hydrogen-bond donors (Lipinski definition) is 3. The third-order valence-electron chi connectivity index (χ3n) is 16.2. The zero-order valence-electron chi connectivity index (χ0n) is 57.3. The molecule has 3 N–H and O–H groups in total. The number of esters is 1. The lowest BCUT2D eigenvalue weighted by Crippen LogP contribution is -2.50. The molecule has 6 rings (SSSR count). The number of nitrogens with one attached hydrogen (secondary N) is 3. The molecule has 0 aromatic carbocycles. The Labute approximate surface area is 543 Å². The van der Waals surface area contributed by atoms with E-state index >= 15 is 0 Å². The van der Waals surface area contributed by atoms with Crippen LogP contribution in [0.2, 0.25) is 18.1 Å². The quantitative estimate of drug-likeness (QED) is 0.0252. The Hall–Kier alpha value is -5.16. The van der Waals surface area contributed by atoms with Gasteiger partial charge in [-0.15, -0.1) is 0 Å². The van der Waals surface area contributed by atoms with Gasteiger partial charge in [0.2, 0.25) is 0 Å². The number of hydrogen-bond acceptors (Lipinski definition) is 21. The highest BCUT2D eigenvalue weighted by Gasteiger charge is 2.53. The number of ether oxygens (including phenoxy) is 4. The number of rotatable bonds is 29. The van der Waals surface area contributed by atoms with Crippen molar-refractivity contribution in [2.75, 3.05) is 13.2 Å². The molecule has 3 saturated heterocycles. The maximum atomic E-state index is 12.8. The third-order valence-corrected chi connectivity index (χ3v) is 24.9. The molecule has 3 unspecified atom stereocenters. The lowest BCUT2D eigenvalue weighted by Gasteiger charge is -2.42. The SMILES string of the molecule is CCC(=O)CCC(=O)O[C@@H]1C[C@H](n2cc(C)c(=O)[nH]c2=O)O[C@@H]1CC.CC[C@H]1O[C@@H](n2cc(C)c(=O)[nH]c2=O)C[C@H]1OP(OCCC#N)N(C(C)C)C(C)C.CC[C@H]1O[C@@H](n2ccc(=O)[nH]c2=O)C(O[Si](C)(C)C(C)(C)C)[C@H]1OP(OCCC#N)N(C(C)C)C(C)C. The van der Waals surface area contributed by atoms with Gasteiger partial charge in [-0.1, -0.05) is 48.5 Å². The highest BCUT2D eigenvalue weighted by Crippen LogP contribution is 2.53. The van der Waals surface area contributed by atoms with Gasteiger partial charge in [-0.05, 0) is 107 Å². The van der Waals surface area contributed by atoms with E-state index in [4.69, 9.17) is 52.0 Å². The number of nitriles is 2. The van der Waals surface area contributed by atoms with E-state index in [0.717, 1.165) is 0 Å². The number of aromatic nitrogens is 6. The van der Waals surface area contributed by atoms with E-state index in [-0.39, 0.29) is 85.3 Å². The van der Waals surface area contributed by atoms with Crippen LogP contribution in [0.3, 0.4) is 0 Å². The first kappa shape index (κ1) is 79.3. The summed E-state index contributed by atoms with van der Waals surface area (Å²) in [6.45, 7) is 38.9. The predicted octanol–water partition coefficient (Wildman–Crippen LogP) is 9.31. The normalized spacial score (nSPS) is 23.1. The summed E-state index contributed by atoms with van der Waals surface area (Å²) in [7, 11) is -5.32. The molecule has 3 aromatic heterocycles. The molecule has 3 fully saturated rings. The van der Waals surface area contributed by atoms with E-state index in [0.29, 0.717) is 62.7 Å². The van der Waals surface area contributed by atoms with Crippen molar-refractivity contribution < 1.29 is 51.1 Å².